The molecule has 5 aliphatic rings. The molecule has 1 aliphatic carbocycles. The molecule has 2 radical (unpaired) electrons. The van der Waals surface area contributed by atoms with Crippen molar-refractivity contribution in [1.82, 2.24) is 14.7 Å². The van der Waals surface area contributed by atoms with Crippen molar-refractivity contribution in [3.05, 3.63) is 46.9 Å². The summed E-state index contributed by atoms with van der Waals surface area (Å²) in [6.07, 6.45) is 1.52. The zero-order chi connectivity index (χ0) is 22.2. The van der Waals surface area contributed by atoms with Gasteiger partial charge in [0.25, 0.3) is 0 Å². The number of aryl methyl sites for hydroxylation is 1. The fraction of sp³-hybridized carbons (Fsp3) is 0.400. The molecule has 0 N–H and O–H groups in total. The van der Waals surface area contributed by atoms with Crippen molar-refractivity contribution in [3.8, 4) is 5.75 Å². The van der Waals surface area contributed by atoms with Crippen LogP contribution in [0, 0.1) is 6.92 Å². The first kappa shape index (κ1) is 21.2. The molecule has 4 heterocycles. The number of benzene rings is 1. The molecule has 0 amide bonds. The minimum Gasteiger partial charge on any atom is -0.497 e. The van der Waals surface area contributed by atoms with Gasteiger partial charge in [0.15, 0.2) is 0 Å². The van der Waals surface area contributed by atoms with E-state index in [0.717, 1.165) is 56.0 Å². The predicted octanol–water partition coefficient (Wildman–Crippen LogP) is -0.989. The molecular weight excluding hydrogens is 411 g/mol. The summed E-state index contributed by atoms with van der Waals surface area (Å²) in [6.45, 7) is 7.38. The van der Waals surface area contributed by atoms with Gasteiger partial charge in [-0.15, -0.1) is 0 Å². The van der Waals surface area contributed by atoms with Crippen molar-refractivity contribution in [2.45, 2.75) is 6.92 Å². The number of nitrogens with zero attached hydrogens (tertiary/aromatic N) is 3. The molecule has 162 valence electrons. The summed E-state index contributed by atoms with van der Waals surface area (Å²) in [4.78, 5) is 30.5. The highest BCUT2D eigenvalue weighted by Crippen LogP contribution is 2.33. The smallest absolute Gasteiger partial charge is 0.466 e. The standard InChI is InChI=1S/C12H13N3O2.C8H9B3O4/c16-9-7-8(13-1-2-13)12(17)11(15-5-6-15)10(9)14-3-4-14;1-6-5-7(12-2)3-4-8(6)11-14-9-13-10-15-11/h7H,1-6H2;3-5H,1-2H3. The van der Waals surface area contributed by atoms with E-state index in [1.54, 1.807) is 7.11 Å². The Labute approximate surface area is 188 Å². The van der Waals surface area contributed by atoms with Gasteiger partial charge in [-0.25, -0.2) is 0 Å². The normalized spacial score (nSPS) is 21.4. The fourth-order valence-electron chi connectivity index (χ4n) is 3.68. The monoisotopic (exact) mass is 433 g/mol. The van der Waals surface area contributed by atoms with Crippen molar-refractivity contribution in [2.75, 3.05) is 46.4 Å². The molecule has 9 nitrogen and oxygen atoms in total. The first-order valence-electron chi connectivity index (χ1n) is 10.6. The van der Waals surface area contributed by atoms with Gasteiger partial charge in [-0.05, 0) is 30.1 Å². The van der Waals surface area contributed by atoms with Crippen LogP contribution in [0.25, 0.3) is 0 Å². The van der Waals surface area contributed by atoms with Gasteiger partial charge in [0.1, 0.15) is 17.1 Å². The van der Waals surface area contributed by atoms with Crippen LogP contribution in [-0.2, 0) is 23.3 Å². The summed E-state index contributed by atoms with van der Waals surface area (Å²) in [5, 5.41) is 0. The number of carbonyl (C=O) groups excluding carboxylic acids is 2. The van der Waals surface area contributed by atoms with Crippen LogP contribution < -0.4 is 10.2 Å². The molecule has 1 aromatic rings. The highest BCUT2D eigenvalue weighted by Gasteiger charge is 2.43. The Kier molecular flexibility index (Phi) is 5.75. The second kappa shape index (κ2) is 8.69. The Balaban J connectivity index is 0.000000136. The number of ketones is 2. The third kappa shape index (κ3) is 4.43. The second-order valence-corrected chi connectivity index (χ2v) is 8.04. The zero-order valence-electron chi connectivity index (χ0n) is 18.1. The van der Waals surface area contributed by atoms with Crippen LogP contribution in [0.1, 0.15) is 5.56 Å². The second-order valence-electron chi connectivity index (χ2n) is 8.04. The highest BCUT2D eigenvalue weighted by molar-refractivity contribution is 6.71. The number of Topliss-reactive ketones (excluding diaryl/α,β-unsaturated/α-hetero) is 1. The quantitative estimate of drug-likeness (QED) is 0.331. The maximum absolute atomic E-state index is 12.4. The first-order valence-corrected chi connectivity index (χ1v) is 10.6. The number of carbonyl (C=O) groups is 2. The topological polar surface area (TPSA) is 80.1 Å². The third-order valence-corrected chi connectivity index (χ3v) is 5.69. The zero-order valence-corrected chi connectivity index (χ0v) is 18.1. The Morgan fingerprint density at radius 1 is 0.938 bits per heavy atom. The maximum Gasteiger partial charge on any atom is 0.466 e. The molecule has 6 rings (SSSR count). The molecular formula is C20H22B3N3O6. The van der Waals surface area contributed by atoms with E-state index >= 15 is 0 Å². The molecule has 4 saturated heterocycles. The lowest BCUT2D eigenvalue weighted by molar-refractivity contribution is -0.117. The number of methoxy groups -OCH3 is 1. The van der Waals surface area contributed by atoms with Crippen molar-refractivity contribution >= 4 is 39.5 Å². The van der Waals surface area contributed by atoms with E-state index in [9.17, 15) is 9.59 Å². The maximum atomic E-state index is 12.4. The lowest BCUT2D eigenvalue weighted by Crippen LogP contribution is -2.45. The summed E-state index contributed by atoms with van der Waals surface area (Å²) < 4.78 is 20.2. The summed E-state index contributed by atoms with van der Waals surface area (Å²) in [6, 6.07) is 5.70. The lowest BCUT2D eigenvalue weighted by Gasteiger charge is -2.21. The molecule has 0 unspecified atom stereocenters. The van der Waals surface area contributed by atoms with E-state index in [0.29, 0.717) is 17.1 Å². The molecule has 1 aromatic carbocycles. The molecule has 0 bridgehead atoms. The Bertz CT molecular complexity index is 998. The van der Waals surface area contributed by atoms with Gasteiger partial charge < -0.3 is 33.2 Å². The van der Waals surface area contributed by atoms with Crippen LogP contribution in [0.5, 0.6) is 5.75 Å². The fourth-order valence-corrected chi connectivity index (χ4v) is 3.68. The Hall–Kier alpha value is -2.69. The number of rotatable bonds is 5. The predicted molar refractivity (Wildman–Crippen MR) is 118 cm³/mol. The molecule has 0 spiro atoms. The SMILES string of the molecule is COc1ccc(B2O[B]O[B]O2)c(C)c1.O=C1C=C(N2CC2)C(=O)C(N2CC2)=C1N1CC1. The average Bonchev–Trinajstić information content (AvgIpc) is 3.65. The van der Waals surface area contributed by atoms with Crippen LogP contribution >= 0.6 is 0 Å². The van der Waals surface area contributed by atoms with Gasteiger partial charge in [0.2, 0.25) is 11.6 Å². The number of allylic oxidation sites excluding steroid dienone is 1. The number of hydrogen-bond acceptors (Lipinski definition) is 9. The van der Waals surface area contributed by atoms with Gasteiger partial charge in [-0.3, -0.25) is 9.59 Å². The average molecular weight is 433 g/mol. The van der Waals surface area contributed by atoms with Crippen LogP contribution in [0.3, 0.4) is 0 Å². The van der Waals surface area contributed by atoms with Crippen LogP contribution in [0.4, 0.5) is 0 Å². The van der Waals surface area contributed by atoms with Crippen molar-refractivity contribution in [3.63, 3.8) is 0 Å². The van der Waals surface area contributed by atoms with Crippen LogP contribution in [0.2, 0.25) is 0 Å². The van der Waals surface area contributed by atoms with E-state index in [1.165, 1.54) is 21.4 Å². The Morgan fingerprint density at radius 2 is 1.56 bits per heavy atom. The van der Waals surface area contributed by atoms with Crippen molar-refractivity contribution in [2.24, 2.45) is 0 Å². The molecule has 12 heteroatoms. The molecule has 4 aliphatic heterocycles. The lowest BCUT2D eigenvalue weighted by atomic mass is 9.73. The minimum atomic E-state index is -0.440. The van der Waals surface area contributed by atoms with Crippen molar-refractivity contribution < 1.29 is 28.0 Å². The third-order valence-electron chi connectivity index (χ3n) is 5.69. The summed E-state index contributed by atoms with van der Waals surface area (Å²) >= 11 is 0. The van der Waals surface area contributed by atoms with E-state index in [4.69, 9.17) is 13.9 Å². The minimum absolute atomic E-state index is 0.00546. The van der Waals surface area contributed by atoms with Crippen LogP contribution in [0.15, 0.2) is 41.4 Å². The van der Waals surface area contributed by atoms with Gasteiger partial charge >= 0.3 is 22.5 Å². The summed E-state index contributed by atoms with van der Waals surface area (Å²) in [5.74, 6) is 0.865. The highest BCUT2D eigenvalue weighted by atomic mass is 16.7. The van der Waals surface area contributed by atoms with E-state index in [1.807, 2.05) is 39.8 Å². The van der Waals surface area contributed by atoms with Gasteiger partial charge in [-0.2, -0.15) is 0 Å². The number of hydrogen-bond donors (Lipinski definition) is 0. The van der Waals surface area contributed by atoms with Gasteiger partial charge in [0, 0.05) is 45.3 Å². The molecule has 0 aromatic heterocycles. The molecule has 4 fully saturated rings. The van der Waals surface area contributed by atoms with Crippen LogP contribution in [-0.4, -0.2) is 95.1 Å². The largest absolute Gasteiger partial charge is 0.497 e. The van der Waals surface area contributed by atoms with Crippen molar-refractivity contribution in [1.29, 1.82) is 0 Å². The summed E-state index contributed by atoms with van der Waals surface area (Å²) in [7, 11) is 3.69. The molecule has 0 atom stereocenters. The first-order chi connectivity index (χ1) is 15.6. The van der Waals surface area contributed by atoms with E-state index in [2.05, 4.69) is 4.57 Å². The van der Waals surface area contributed by atoms with E-state index in [-0.39, 0.29) is 11.6 Å². The molecule has 0 saturated carbocycles. The van der Waals surface area contributed by atoms with E-state index < -0.39 is 7.12 Å². The van der Waals surface area contributed by atoms with Gasteiger partial charge in [-0.1, -0.05) is 6.07 Å². The molecule has 32 heavy (non-hydrogen) atoms. The summed E-state index contributed by atoms with van der Waals surface area (Å²) in [5.41, 5.74) is 3.88. The Morgan fingerprint density at radius 3 is 2.12 bits per heavy atom. The number of ether oxygens (including phenoxy) is 1. The van der Waals surface area contributed by atoms with Gasteiger partial charge in [0.05, 0.1) is 12.8 Å².